The fourth-order valence-electron chi connectivity index (χ4n) is 4.19. The highest BCUT2D eigenvalue weighted by Crippen LogP contribution is 2.23. The third kappa shape index (κ3) is 4.92. The maximum Gasteiger partial charge on any atom is 0.218 e. The molecule has 0 N–H and O–H groups in total. The second-order valence-electron chi connectivity index (χ2n) is 8.55. The second kappa shape index (κ2) is 8.89. The Bertz CT molecular complexity index is 948. The molecular formula is C22H31N5O2S. The van der Waals surface area contributed by atoms with Gasteiger partial charge in [0.25, 0.3) is 0 Å². The largest absolute Gasteiger partial charge is 0.355 e. The molecule has 0 atom stereocenters. The van der Waals surface area contributed by atoms with E-state index in [9.17, 15) is 8.42 Å². The van der Waals surface area contributed by atoms with Crippen molar-refractivity contribution in [2.45, 2.75) is 32.4 Å². The highest BCUT2D eigenvalue weighted by Gasteiger charge is 2.28. The summed E-state index contributed by atoms with van der Waals surface area (Å²) >= 11 is 0. The maximum atomic E-state index is 12.8. The molecule has 0 radical (unpaired) electrons. The average molecular weight is 430 g/mol. The lowest BCUT2D eigenvalue weighted by atomic mass is 9.99. The molecule has 2 aliphatic rings. The van der Waals surface area contributed by atoms with Crippen LogP contribution in [0.25, 0.3) is 0 Å². The molecule has 7 nitrogen and oxygen atoms in total. The molecule has 4 rings (SSSR count). The van der Waals surface area contributed by atoms with Gasteiger partial charge in [0.05, 0.1) is 5.75 Å². The van der Waals surface area contributed by atoms with E-state index in [1.165, 1.54) is 12.8 Å². The Morgan fingerprint density at radius 2 is 1.50 bits per heavy atom. The molecule has 162 valence electrons. The third-order valence-electron chi connectivity index (χ3n) is 6.13. The summed E-state index contributed by atoms with van der Waals surface area (Å²) < 4.78 is 27.3. The Labute approximate surface area is 179 Å². The van der Waals surface area contributed by atoms with Gasteiger partial charge in [0, 0.05) is 39.3 Å². The predicted molar refractivity (Wildman–Crippen MR) is 120 cm³/mol. The minimum Gasteiger partial charge on any atom is -0.355 e. The van der Waals surface area contributed by atoms with Crippen LogP contribution in [0.4, 0.5) is 11.6 Å². The third-order valence-corrected chi connectivity index (χ3v) is 7.98. The van der Waals surface area contributed by atoms with Gasteiger partial charge in [0.1, 0.15) is 0 Å². The highest BCUT2D eigenvalue weighted by atomic mass is 32.2. The van der Waals surface area contributed by atoms with E-state index in [0.717, 1.165) is 41.8 Å². The van der Waals surface area contributed by atoms with Gasteiger partial charge in [-0.05, 0) is 43.4 Å². The van der Waals surface area contributed by atoms with Crippen LogP contribution in [0.2, 0.25) is 0 Å². The van der Waals surface area contributed by atoms with Gasteiger partial charge in [0.15, 0.2) is 11.6 Å². The molecule has 2 aromatic rings. The van der Waals surface area contributed by atoms with E-state index in [-0.39, 0.29) is 5.75 Å². The molecule has 0 bridgehead atoms. The van der Waals surface area contributed by atoms with Gasteiger partial charge in [-0.25, -0.2) is 8.42 Å². The standard InChI is InChI=1S/C22H31N5O2S/c1-18-8-10-25(11-9-18)21-6-7-22(24-23-21)26-12-14-27(15-13-26)30(28,29)17-20-5-3-4-19(2)16-20/h3-7,16,18H,8-15,17H2,1-2H3. The van der Waals surface area contributed by atoms with E-state index in [4.69, 9.17) is 0 Å². The molecule has 30 heavy (non-hydrogen) atoms. The van der Waals surface area contributed by atoms with Crippen molar-refractivity contribution < 1.29 is 8.42 Å². The Morgan fingerprint density at radius 3 is 2.07 bits per heavy atom. The number of anilines is 2. The van der Waals surface area contributed by atoms with E-state index >= 15 is 0 Å². The van der Waals surface area contributed by atoms with Gasteiger partial charge >= 0.3 is 0 Å². The number of piperidine rings is 1. The number of hydrogen-bond donors (Lipinski definition) is 0. The summed E-state index contributed by atoms with van der Waals surface area (Å²) in [6, 6.07) is 11.8. The van der Waals surface area contributed by atoms with Crippen LogP contribution < -0.4 is 9.80 Å². The zero-order valence-electron chi connectivity index (χ0n) is 17.9. The van der Waals surface area contributed by atoms with Crippen molar-refractivity contribution in [1.82, 2.24) is 14.5 Å². The van der Waals surface area contributed by atoms with E-state index in [0.29, 0.717) is 26.2 Å². The molecule has 0 amide bonds. The lowest BCUT2D eigenvalue weighted by molar-refractivity contribution is 0.383. The molecule has 0 aliphatic carbocycles. The van der Waals surface area contributed by atoms with E-state index < -0.39 is 10.0 Å². The lowest BCUT2D eigenvalue weighted by Gasteiger charge is -2.35. The van der Waals surface area contributed by atoms with Crippen molar-refractivity contribution in [3.8, 4) is 0 Å². The first-order chi connectivity index (χ1) is 14.4. The molecule has 0 saturated carbocycles. The van der Waals surface area contributed by atoms with Gasteiger partial charge < -0.3 is 9.80 Å². The fraction of sp³-hybridized carbons (Fsp3) is 0.545. The zero-order valence-corrected chi connectivity index (χ0v) is 18.7. The molecule has 0 spiro atoms. The number of aryl methyl sites for hydroxylation is 1. The summed E-state index contributed by atoms with van der Waals surface area (Å²) in [5.74, 6) is 2.59. The number of aromatic nitrogens is 2. The van der Waals surface area contributed by atoms with E-state index in [1.807, 2.05) is 43.3 Å². The van der Waals surface area contributed by atoms with Crippen molar-refractivity contribution >= 4 is 21.7 Å². The minimum absolute atomic E-state index is 0.0532. The molecule has 0 unspecified atom stereocenters. The smallest absolute Gasteiger partial charge is 0.218 e. The highest BCUT2D eigenvalue weighted by molar-refractivity contribution is 7.88. The summed E-state index contributed by atoms with van der Waals surface area (Å²) in [6.45, 7) is 8.55. The predicted octanol–water partition coefficient (Wildman–Crippen LogP) is 2.67. The Kier molecular flexibility index (Phi) is 6.24. The van der Waals surface area contributed by atoms with Crippen LogP contribution in [0, 0.1) is 12.8 Å². The van der Waals surface area contributed by atoms with Gasteiger partial charge in [-0.3, -0.25) is 0 Å². The number of sulfonamides is 1. The van der Waals surface area contributed by atoms with Gasteiger partial charge in [0.2, 0.25) is 10.0 Å². The van der Waals surface area contributed by atoms with Crippen LogP contribution in [0.5, 0.6) is 0 Å². The van der Waals surface area contributed by atoms with Gasteiger partial charge in [-0.1, -0.05) is 36.8 Å². The van der Waals surface area contributed by atoms with E-state index in [1.54, 1.807) is 4.31 Å². The molecule has 8 heteroatoms. The minimum atomic E-state index is -3.32. The number of nitrogens with zero attached hydrogens (tertiary/aromatic N) is 5. The topological polar surface area (TPSA) is 69.6 Å². The summed E-state index contributed by atoms with van der Waals surface area (Å²) in [5.41, 5.74) is 1.92. The average Bonchev–Trinajstić information content (AvgIpc) is 2.74. The lowest BCUT2D eigenvalue weighted by Crippen LogP contribution is -2.49. The zero-order chi connectivity index (χ0) is 21.1. The molecule has 2 aliphatic heterocycles. The SMILES string of the molecule is Cc1cccc(CS(=O)(=O)N2CCN(c3ccc(N4CCC(C)CC4)nn3)CC2)c1. The first-order valence-electron chi connectivity index (χ1n) is 10.8. The van der Waals surface area contributed by atoms with Crippen LogP contribution in [0.15, 0.2) is 36.4 Å². The van der Waals surface area contributed by atoms with Crippen molar-refractivity contribution in [2.24, 2.45) is 5.92 Å². The summed E-state index contributed by atoms with van der Waals surface area (Å²) in [4.78, 5) is 4.42. The van der Waals surface area contributed by atoms with E-state index in [2.05, 4.69) is 26.9 Å². The maximum absolute atomic E-state index is 12.8. The number of piperazine rings is 1. The molecule has 2 fully saturated rings. The monoisotopic (exact) mass is 429 g/mol. The fourth-order valence-corrected chi connectivity index (χ4v) is 5.70. The second-order valence-corrected chi connectivity index (χ2v) is 10.5. The van der Waals surface area contributed by atoms with Crippen LogP contribution in [-0.2, 0) is 15.8 Å². The van der Waals surface area contributed by atoms with Crippen LogP contribution in [0.1, 0.15) is 30.9 Å². The Morgan fingerprint density at radius 1 is 0.900 bits per heavy atom. The summed E-state index contributed by atoms with van der Waals surface area (Å²) in [6.07, 6.45) is 2.39. The number of rotatable bonds is 5. The Hall–Kier alpha value is -2.19. The first-order valence-corrected chi connectivity index (χ1v) is 12.4. The molecule has 1 aromatic heterocycles. The van der Waals surface area contributed by atoms with Gasteiger partial charge in [-0.15, -0.1) is 10.2 Å². The molecule has 2 saturated heterocycles. The summed E-state index contributed by atoms with van der Waals surface area (Å²) in [5, 5.41) is 8.86. The normalized spacial score (nSPS) is 19.3. The van der Waals surface area contributed by atoms with Crippen LogP contribution in [-0.4, -0.2) is 62.2 Å². The molecular weight excluding hydrogens is 398 g/mol. The van der Waals surface area contributed by atoms with Crippen molar-refractivity contribution in [2.75, 3.05) is 49.1 Å². The first kappa shape index (κ1) is 21.1. The molecule has 1 aromatic carbocycles. The van der Waals surface area contributed by atoms with Crippen LogP contribution in [0.3, 0.4) is 0 Å². The molecule has 3 heterocycles. The van der Waals surface area contributed by atoms with Crippen molar-refractivity contribution in [1.29, 1.82) is 0 Å². The quantitative estimate of drug-likeness (QED) is 0.728. The van der Waals surface area contributed by atoms with Gasteiger partial charge in [-0.2, -0.15) is 4.31 Å². The summed E-state index contributed by atoms with van der Waals surface area (Å²) in [7, 11) is -3.32. The number of hydrogen-bond acceptors (Lipinski definition) is 6. The van der Waals surface area contributed by atoms with Crippen molar-refractivity contribution in [3.05, 3.63) is 47.5 Å². The van der Waals surface area contributed by atoms with Crippen LogP contribution >= 0.6 is 0 Å². The Balaban J connectivity index is 1.34. The van der Waals surface area contributed by atoms with Crippen molar-refractivity contribution in [3.63, 3.8) is 0 Å². The number of benzene rings is 1.